The van der Waals surface area contributed by atoms with E-state index >= 15 is 0 Å². The molecule has 78 valence electrons. The Morgan fingerprint density at radius 3 is 2.93 bits per heavy atom. The summed E-state index contributed by atoms with van der Waals surface area (Å²) < 4.78 is 5.09. The van der Waals surface area contributed by atoms with Crippen molar-refractivity contribution in [2.75, 3.05) is 6.61 Å². The van der Waals surface area contributed by atoms with Crippen molar-refractivity contribution in [1.29, 1.82) is 0 Å². The van der Waals surface area contributed by atoms with E-state index in [0.29, 0.717) is 11.3 Å². The first-order chi connectivity index (χ1) is 7.09. The Kier molecular flexibility index (Phi) is 2.12. The van der Waals surface area contributed by atoms with Crippen LogP contribution in [0, 0.1) is 10.1 Å². The van der Waals surface area contributed by atoms with Gasteiger partial charge < -0.3 is 10.5 Å². The van der Waals surface area contributed by atoms with Gasteiger partial charge in [-0.3, -0.25) is 14.9 Å². The second-order valence-electron chi connectivity index (χ2n) is 3.21. The van der Waals surface area contributed by atoms with Gasteiger partial charge in [-0.1, -0.05) is 0 Å². The van der Waals surface area contributed by atoms with Crippen LogP contribution in [-0.4, -0.2) is 17.3 Å². The molecule has 1 unspecified atom stereocenters. The van der Waals surface area contributed by atoms with E-state index in [1.807, 2.05) is 0 Å². The molecule has 0 aromatic heterocycles. The Bertz CT molecular complexity index is 444. The first kappa shape index (κ1) is 9.60. The third-order valence-corrected chi connectivity index (χ3v) is 2.26. The van der Waals surface area contributed by atoms with E-state index in [0.717, 1.165) is 0 Å². The number of nitrogens with two attached hydrogens (primary N) is 1. The molecule has 0 saturated heterocycles. The predicted octanol–water partition coefficient (Wildman–Crippen LogP) is 0.556. The number of nitro benzene ring substituents is 1. The molecule has 1 heterocycles. The molecule has 6 nitrogen and oxygen atoms in total. The van der Waals surface area contributed by atoms with Gasteiger partial charge in [0.25, 0.3) is 5.69 Å². The van der Waals surface area contributed by atoms with Gasteiger partial charge in [0.15, 0.2) is 5.78 Å². The summed E-state index contributed by atoms with van der Waals surface area (Å²) in [5.74, 6) is 0.163. The summed E-state index contributed by atoms with van der Waals surface area (Å²) >= 11 is 0. The second kappa shape index (κ2) is 3.32. The number of benzene rings is 1. The van der Waals surface area contributed by atoms with E-state index in [1.165, 1.54) is 18.2 Å². The Morgan fingerprint density at radius 1 is 1.53 bits per heavy atom. The summed E-state index contributed by atoms with van der Waals surface area (Å²) in [6.45, 7) is -0.0774. The topological polar surface area (TPSA) is 95.5 Å². The third kappa shape index (κ3) is 1.55. The van der Waals surface area contributed by atoms with Crippen LogP contribution in [0.4, 0.5) is 5.69 Å². The van der Waals surface area contributed by atoms with E-state index in [9.17, 15) is 14.9 Å². The van der Waals surface area contributed by atoms with E-state index in [2.05, 4.69) is 0 Å². The van der Waals surface area contributed by atoms with Crippen LogP contribution >= 0.6 is 0 Å². The van der Waals surface area contributed by atoms with Crippen molar-refractivity contribution >= 4 is 11.5 Å². The number of carbonyl (C=O) groups excluding carboxylic acids is 1. The molecule has 2 rings (SSSR count). The zero-order chi connectivity index (χ0) is 11.0. The van der Waals surface area contributed by atoms with Gasteiger partial charge >= 0.3 is 0 Å². The van der Waals surface area contributed by atoms with Crippen molar-refractivity contribution in [1.82, 2.24) is 0 Å². The fourth-order valence-electron chi connectivity index (χ4n) is 1.44. The Morgan fingerprint density at radius 2 is 2.27 bits per heavy atom. The molecule has 1 aromatic rings. The summed E-state index contributed by atoms with van der Waals surface area (Å²) in [5, 5.41) is 10.5. The average molecular weight is 208 g/mol. The minimum absolute atomic E-state index is 0.0774. The molecule has 0 bridgehead atoms. The van der Waals surface area contributed by atoms with Gasteiger partial charge in [-0.25, -0.2) is 0 Å². The first-order valence-electron chi connectivity index (χ1n) is 4.29. The fraction of sp³-hybridized carbons (Fsp3) is 0.222. The number of Topliss-reactive ketones (excluding diaryl/α,β-unsaturated/α-hetero) is 1. The lowest BCUT2D eigenvalue weighted by Crippen LogP contribution is -2.31. The van der Waals surface area contributed by atoms with Crippen LogP contribution in [0.5, 0.6) is 5.75 Å². The molecule has 0 radical (unpaired) electrons. The molecule has 15 heavy (non-hydrogen) atoms. The smallest absolute Gasteiger partial charge is 0.270 e. The molecule has 0 amide bonds. The molecule has 0 spiro atoms. The molecule has 0 saturated carbocycles. The monoisotopic (exact) mass is 208 g/mol. The predicted molar refractivity (Wildman–Crippen MR) is 50.5 cm³/mol. The summed E-state index contributed by atoms with van der Waals surface area (Å²) in [6, 6.07) is 3.23. The minimum Gasteiger partial charge on any atom is -0.485 e. The number of carbonyl (C=O) groups is 1. The molecule has 2 N–H and O–H groups in total. The summed E-state index contributed by atoms with van der Waals surface area (Å²) in [6.07, 6.45) is 0. The molecule has 6 heteroatoms. The maximum atomic E-state index is 11.2. The van der Waals surface area contributed by atoms with Crippen LogP contribution in [0.2, 0.25) is 0 Å². The van der Waals surface area contributed by atoms with Gasteiger partial charge in [0.1, 0.15) is 12.4 Å². The second-order valence-corrected chi connectivity index (χ2v) is 3.21. The maximum absolute atomic E-state index is 11.2. The summed E-state index contributed by atoms with van der Waals surface area (Å²) in [7, 11) is 0. The van der Waals surface area contributed by atoms with Gasteiger partial charge in [0.05, 0.1) is 11.0 Å². The SMILES string of the molecule is NC1C(=O)COc2ccc([N+](=O)[O-])cc21. The Hall–Kier alpha value is -1.95. The number of hydrogen-bond donors (Lipinski definition) is 1. The van der Waals surface area contributed by atoms with Crippen LogP contribution < -0.4 is 10.5 Å². The van der Waals surface area contributed by atoms with E-state index in [4.69, 9.17) is 10.5 Å². The highest BCUT2D eigenvalue weighted by atomic mass is 16.6. The third-order valence-electron chi connectivity index (χ3n) is 2.26. The van der Waals surface area contributed by atoms with Crippen LogP contribution in [0.15, 0.2) is 18.2 Å². The number of ketones is 1. The number of fused-ring (bicyclic) bond motifs is 1. The molecular weight excluding hydrogens is 200 g/mol. The first-order valence-corrected chi connectivity index (χ1v) is 4.29. The van der Waals surface area contributed by atoms with Crippen molar-refractivity contribution in [3.8, 4) is 5.75 Å². The van der Waals surface area contributed by atoms with Gasteiger partial charge in [-0.15, -0.1) is 0 Å². The highest BCUT2D eigenvalue weighted by Crippen LogP contribution is 2.31. The lowest BCUT2D eigenvalue weighted by Gasteiger charge is -2.21. The van der Waals surface area contributed by atoms with Crippen LogP contribution in [0.1, 0.15) is 11.6 Å². The Labute approximate surface area is 84.8 Å². The lowest BCUT2D eigenvalue weighted by molar-refractivity contribution is -0.385. The Balaban J connectivity index is 2.50. The largest absolute Gasteiger partial charge is 0.485 e. The fourth-order valence-corrected chi connectivity index (χ4v) is 1.44. The average Bonchev–Trinajstić information content (AvgIpc) is 2.23. The number of nitro groups is 1. The standard InChI is InChI=1S/C9H8N2O4/c10-9-6-3-5(11(13)14)1-2-8(6)15-4-7(9)12/h1-3,9H,4,10H2. The molecule has 0 fully saturated rings. The van der Waals surface area contributed by atoms with Gasteiger partial charge in [-0.05, 0) is 6.07 Å². The lowest BCUT2D eigenvalue weighted by atomic mass is 10.00. The number of ether oxygens (including phenoxy) is 1. The van der Waals surface area contributed by atoms with E-state index < -0.39 is 11.0 Å². The van der Waals surface area contributed by atoms with Crippen LogP contribution in [-0.2, 0) is 4.79 Å². The molecule has 1 aliphatic rings. The quantitative estimate of drug-likeness (QED) is 0.537. The van der Waals surface area contributed by atoms with Crippen molar-refractivity contribution in [3.05, 3.63) is 33.9 Å². The summed E-state index contributed by atoms with van der Waals surface area (Å²) in [4.78, 5) is 21.2. The molecule has 1 aliphatic heterocycles. The number of rotatable bonds is 1. The highest BCUT2D eigenvalue weighted by Gasteiger charge is 2.27. The number of non-ortho nitro benzene ring substituents is 1. The number of nitrogens with zero attached hydrogens (tertiary/aromatic N) is 1. The van der Waals surface area contributed by atoms with Crippen molar-refractivity contribution in [2.45, 2.75) is 6.04 Å². The van der Waals surface area contributed by atoms with Gasteiger partial charge in [-0.2, -0.15) is 0 Å². The van der Waals surface area contributed by atoms with Crippen molar-refractivity contribution in [2.24, 2.45) is 5.73 Å². The van der Waals surface area contributed by atoms with E-state index in [1.54, 1.807) is 0 Å². The van der Waals surface area contributed by atoms with Crippen LogP contribution in [0.3, 0.4) is 0 Å². The van der Waals surface area contributed by atoms with Crippen molar-refractivity contribution < 1.29 is 14.5 Å². The zero-order valence-corrected chi connectivity index (χ0v) is 7.67. The minimum atomic E-state index is -0.825. The van der Waals surface area contributed by atoms with Crippen LogP contribution in [0.25, 0.3) is 0 Å². The van der Waals surface area contributed by atoms with E-state index in [-0.39, 0.29) is 18.1 Å². The van der Waals surface area contributed by atoms with Crippen molar-refractivity contribution in [3.63, 3.8) is 0 Å². The summed E-state index contributed by atoms with van der Waals surface area (Å²) in [5.41, 5.74) is 5.89. The molecule has 0 aliphatic carbocycles. The highest BCUT2D eigenvalue weighted by molar-refractivity contribution is 5.88. The molecular formula is C9H8N2O4. The molecule has 1 aromatic carbocycles. The van der Waals surface area contributed by atoms with Gasteiger partial charge in [0.2, 0.25) is 0 Å². The van der Waals surface area contributed by atoms with Gasteiger partial charge in [0, 0.05) is 17.7 Å². The normalized spacial score (nSPS) is 19.3. The molecule has 1 atom stereocenters. The maximum Gasteiger partial charge on any atom is 0.270 e. The number of hydrogen-bond acceptors (Lipinski definition) is 5. The zero-order valence-electron chi connectivity index (χ0n) is 7.67.